The maximum Gasteiger partial charge on any atom is 0.0618 e. The highest BCUT2D eigenvalue weighted by Crippen LogP contribution is 2.09. The summed E-state index contributed by atoms with van der Waals surface area (Å²) in [7, 11) is 1.76. The normalized spacial score (nSPS) is 13.3. The van der Waals surface area contributed by atoms with E-state index in [9.17, 15) is 0 Å². The van der Waals surface area contributed by atoms with Gasteiger partial charge in [-0.2, -0.15) is 0 Å². The van der Waals surface area contributed by atoms with Crippen LogP contribution >= 0.6 is 11.3 Å². The second-order valence-electron chi connectivity index (χ2n) is 4.09. The van der Waals surface area contributed by atoms with E-state index in [1.54, 1.807) is 7.11 Å². The average molecular weight is 227 g/mol. The largest absolute Gasteiger partial charge is 0.383 e. The van der Waals surface area contributed by atoms with Gasteiger partial charge in [0.05, 0.1) is 6.61 Å². The molecule has 1 rings (SSSR count). The molecule has 2 nitrogen and oxygen atoms in total. The Morgan fingerprint density at radius 3 is 2.80 bits per heavy atom. The fraction of sp³-hybridized carbons (Fsp3) is 0.667. The lowest BCUT2D eigenvalue weighted by molar-refractivity contribution is 0.147. The molecule has 1 N–H and O–H groups in total. The van der Waals surface area contributed by atoms with Gasteiger partial charge in [-0.15, -0.1) is 11.3 Å². The number of hydrogen-bond acceptors (Lipinski definition) is 3. The van der Waals surface area contributed by atoms with Gasteiger partial charge in [-0.3, -0.25) is 0 Å². The lowest BCUT2D eigenvalue weighted by Crippen LogP contribution is -2.38. The van der Waals surface area contributed by atoms with Crippen molar-refractivity contribution in [3.8, 4) is 0 Å². The molecule has 0 amide bonds. The van der Waals surface area contributed by atoms with Crippen molar-refractivity contribution < 1.29 is 4.74 Å². The summed E-state index contributed by atoms with van der Waals surface area (Å²) < 4.78 is 5.19. The van der Waals surface area contributed by atoms with Crippen molar-refractivity contribution in [1.82, 2.24) is 5.32 Å². The molecule has 0 saturated heterocycles. The van der Waals surface area contributed by atoms with Crippen molar-refractivity contribution in [1.29, 1.82) is 0 Å². The quantitative estimate of drug-likeness (QED) is 0.773. The van der Waals surface area contributed by atoms with Gasteiger partial charge in [-0.05, 0) is 23.8 Å². The second kappa shape index (κ2) is 6.99. The zero-order valence-corrected chi connectivity index (χ0v) is 10.6. The first kappa shape index (κ1) is 12.7. The van der Waals surface area contributed by atoms with Crippen LogP contribution in [-0.2, 0) is 11.2 Å². The predicted octanol–water partition coefficient (Wildman–Crippen LogP) is 2.55. The summed E-state index contributed by atoms with van der Waals surface area (Å²) in [5, 5.41) is 5.67. The first-order valence-corrected chi connectivity index (χ1v) is 6.36. The Morgan fingerprint density at radius 1 is 1.47 bits per heavy atom. The number of thiophene rings is 1. The second-order valence-corrected chi connectivity index (χ2v) is 5.12. The van der Waals surface area contributed by atoms with Crippen LogP contribution in [0.5, 0.6) is 0 Å². The van der Waals surface area contributed by atoms with E-state index in [1.165, 1.54) is 4.88 Å². The molecule has 0 saturated carbocycles. The molecule has 1 heterocycles. The number of rotatable bonds is 7. The molecule has 0 radical (unpaired) electrons. The van der Waals surface area contributed by atoms with Crippen molar-refractivity contribution in [2.45, 2.75) is 26.3 Å². The van der Waals surface area contributed by atoms with E-state index in [0.717, 1.165) is 19.6 Å². The number of methoxy groups -OCH3 is 1. The van der Waals surface area contributed by atoms with Crippen LogP contribution in [0.15, 0.2) is 17.5 Å². The molecule has 0 bridgehead atoms. The van der Waals surface area contributed by atoms with Crippen molar-refractivity contribution in [3.63, 3.8) is 0 Å². The Bertz CT molecular complexity index is 246. The third-order valence-electron chi connectivity index (χ3n) is 2.51. The van der Waals surface area contributed by atoms with Gasteiger partial charge in [0.15, 0.2) is 0 Å². The summed E-state index contributed by atoms with van der Waals surface area (Å²) in [5.41, 5.74) is 0. The number of ether oxygens (including phenoxy) is 1. The molecule has 0 aromatic carbocycles. The van der Waals surface area contributed by atoms with Crippen LogP contribution in [0, 0.1) is 5.92 Å². The Kier molecular flexibility index (Phi) is 5.91. The minimum absolute atomic E-state index is 0.468. The molecule has 0 aliphatic carbocycles. The van der Waals surface area contributed by atoms with Gasteiger partial charge in [-0.1, -0.05) is 19.9 Å². The van der Waals surface area contributed by atoms with E-state index in [0.29, 0.717) is 12.0 Å². The summed E-state index contributed by atoms with van der Waals surface area (Å²) in [6.45, 7) is 6.28. The zero-order chi connectivity index (χ0) is 11.1. The predicted molar refractivity (Wildman–Crippen MR) is 66.5 cm³/mol. The fourth-order valence-corrected chi connectivity index (χ4v) is 2.21. The molecule has 0 aliphatic rings. The monoisotopic (exact) mass is 227 g/mol. The Hall–Kier alpha value is -0.380. The van der Waals surface area contributed by atoms with Gasteiger partial charge in [0.1, 0.15) is 0 Å². The molecule has 1 unspecified atom stereocenters. The maximum absolute atomic E-state index is 5.19. The average Bonchev–Trinajstić information content (AvgIpc) is 2.69. The number of hydrogen-bond donors (Lipinski definition) is 1. The van der Waals surface area contributed by atoms with Crippen LogP contribution in [0.1, 0.15) is 18.7 Å². The van der Waals surface area contributed by atoms with Gasteiger partial charge in [0.2, 0.25) is 0 Å². The molecule has 0 aliphatic heterocycles. The summed E-state index contributed by atoms with van der Waals surface area (Å²) >= 11 is 1.83. The highest BCUT2D eigenvalue weighted by atomic mass is 32.1. The highest BCUT2D eigenvalue weighted by Gasteiger charge is 2.11. The van der Waals surface area contributed by atoms with Gasteiger partial charge in [-0.25, -0.2) is 0 Å². The molecule has 0 spiro atoms. The van der Waals surface area contributed by atoms with Crippen LogP contribution in [0.3, 0.4) is 0 Å². The molecule has 3 heteroatoms. The van der Waals surface area contributed by atoms with E-state index in [4.69, 9.17) is 4.74 Å². The topological polar surface area (TPSA) is 21.3 Å². The standard InChI is InChI=1S/C12H21NOS/c1-10(2)12(9-14-3)13-7-6-11-5-4-8-15-11/h4-5,8,10,12-13H,6-7,9H2,1-3H3. The highest BCUT2D eigenvalue weighted by molar-refractivity contribution is 7.09. The first-order valence-electron chi connectivity index (χ1n) is 5.48. The molecule has 0 fully saturated rings. The summed E-state index contributed by atoms with van der Waals surface area (Å²) in [4.78, 5) is 1.45. The van der Waals surface area contributed by atoms with Crippen LogP contribution in [0.4, 0.5) is 0 Å². The molecule has 1 aromatic rings. The molecular weight excluding hydrogens is 206 g/mol. The fourth-order valence-electron chi connectivity index (χ4n) is 1.50. The summed E-state index contributed by atoms with van der Waals surface area (Å²) in [5.74, 6) is 0.619. The smallest absolute Gasteiger partial charge is 0.0618 e. The van der Waals surface area contributed by atoms with Crippen LogP contribution in [0.25, 0.3) is 0 Å². The lowest BCUT2D eigenvalue weighted by atomic mass is 10.1. The third-order valence-corrected chi connectivity index (χ3v) is 3.45. The Labute approximate surface area is 96.7 Å². The third kappa shape index (κ3) is 4.78. The van der Waals surface area contributed by atoms with Crippen LogP contribution in [0.2, 0.25) is 0 Å². The van der Waals surface area contributed by atoms with Crippen molar-refractivity contribution in [2.75, 3.05) is 20.3 Å². The molecular formula is C12H21NOS. The van der Waals surface area contributed by atoms with Crippen LogP contribution < -0.4 is 5.32 Å². The van der Waals surface area contributed by atoms with E-state index in [2.05, 4.69) is 36.7 Å². The Balaban J connectivity index is 2.22. The SMILES string of the molecule is COCC(NCCc1cccs1)C(C)C. The van der Waals surface area contributed by atoms with Crippen molar-refractivity contribution in [2.24, 2.45) is 5.92 Å². The van der Waals surface area contributed by atoms with Gasteiger partial charge >= 0.3 is 0 Å². The molecule has 1 atom stereocenters. The summed E-state index contributed by atoms with van der Waals surface area (Å²) in [6.07, 6.45) is 1.12. The molecule has 1 aromatic heterocycles. The van der Waals surface area contributed by atoms with Gasteiger partial charge < -0.3 is 10.1 Å². The summed E-state index contributed by atoms with van der Waals surface area (Å²) in [6, 6.07) is 4.76. The molecule has 15 heavy (non-hydrogen) atoms. The van der Waals surface area contributed by atoms with Crippen molar-refractivity contribution in [3.05, 3.63) is 22.4 Å². The van der Waals surface area contributed by atoms with Crippen LogP contribution in [-0.4, -0.2) is 26.3 Å². The number of nitrogens with one attached hydrogen (secondary N) is 1. The van der Waals surface area contributed by atoms with E-state index in [-0.39, 0.29) is 0 Å². The lowest BCUT2D eigenvalue weighted by Gasteiger charge is -2.21. The van der Waals surface area contributed by atoms with Crippen molar-refractivity contribution >= 4 is 11.3 Å². The van der Waals surface area contributed by atoms with Gasteiger partial charge in [0.25, 0.3) is 0 Å². The molecule has 86 valence electrons. The van der Waals surface area contributed by atoms with Gasteiger partial charge in [0, 0.05) is 24.6 Å². The van der Waals surface area contributed by atoms with E-state index < -0.39 is 0 Å². The van der Waals surface area contributed by atoms with E-state index >= 15 is 0 Å². The minimum Gasteiger partial charge on any atom is -0.383 e. The zero-order valence-electron chi connectivity index (χ0n) is 9.82. The maximum atomic E-state index is 5.19. The van der Waals surface area contributed by atoms with E-state index in [1.807, 2.05) is 11.3 Å². The minimum atomic E-state index is 0.468. The Morgan fingerprint density at radius 2 is 2.27 bits per heavy atom. The first-order chi connectivity index (χ1) is 7.24.